The first-order valence-electron chi connectivity index (χ1n) is 7.84. The third-order valence-corrected chi connectivity index (χ3v) is 5.07. The number of anilines is 1. The second kappa shape index (κ2) is 7.06. The van der Waals surface area contributed by atoms with Crippen molar-refractivity contribution in [3.63, 3.8) is 0 Å². The van der Waals surface area contributed by atoms with Crippen LogP contribution in [0, 0.1) is 6.92 Å². The Morgan fingerprint density at radius 2 is 1.93 bits per heavy atom. The van der Waals surface area contributed by atoms with Crippen molar-refractivity contribution in [2.24, 2.45) is 12.8 Å². The summed E-state index contributed by atoms with van der Waals surface area (Å²) in [4.78, 5) is 27.9. The molecule has 0 fully saturated rings. The highest BCUT2D eigenvalue weighted by molar-refractivity contribution is 7.21. The minimum atomic E-state index is -4.72. The maximum absolute atomic E-state index is 13.0. The quantitative estimate of drug-likeness (QED) is 0.613. The lowest BCUT2D eigenvalue weighted by atomic mass is 10.1. The first kappa shape index (κ1) is 20.6. The van der Waals surface area contributed by atoms with Crippen LogP contribution in [0.4, 0.5) is 27.6 Å². The Morgan fingerprint density at radius 3 is 2.45 bits per heavy atom. The summed E-state index contributed by atoms with van der Waals surface area (Å²) in [6.07, 6.45) is -7.58. The summed E-state index contributed by atoms with van der Waals surface area (Å²) in [5.41, 5.74) is 3.24. The van der Waals surface area contributed by atoms with Gasteiger partial charge in [0.2, 0.25) is 0 Å². The molecular formula is C16H12F5N5O2S. The minimum absolute atomic E-state index is 0.0291. The van der Waals surface area contributed by atoms with E-state index < -0.39 is 41.5 Å². The van der Waals surface area contributed by atoms with Gasteiger partial charge in [-0.2, -0.15) is 18.3 Å². The summed E-state index contributed by atoms with van der Waals surface area (Å²) in [5.74, 6) is -1.99. The number of pyridine rings is 1. The topological polar surface area (TPSA) is 103 Å². The van der Waals surface area contributed by atoms with Crippen LogP contribution in [0.3, 0.4) is 0 Å². The number of carbonyl (C=O) groups is 2. The van der Waals surface area contributed by atoms with Gasteiger partial charge < -0.3 is 11.1 Å². The number of hydrogen-bond acceptors (Lipinski definition) is 5. The molecule has 3 aromatic rings. The molecule has 154 valence electrons. The normalized spacial score (nSPS) is 12.0. The molecule has 3 heterocycles. The molecule has 0 radical (unpaired) electrons. The lowest BCUT2D eigenvalue weighted by Crippen LogP contribution is -2.17. The number of aromatic nitrogens is 3. The summed E-state index contributed by atoms with van der Waals surface area (Å²) >= 11 is 0.688. The van der Waals surface area contributed by atoms with Gasteiger partial charge in [0.15, 0.2) is 5.69 Å². The third kappa shape index (κ3) is 3.77. The van der Waals surface area contributed by atoms with Crippen LogP contribution in [-0.4, -0.2) is 26.6 Å². The van der Waals surface area contributed by atoms with Crippen molar-refractivity contribution in [1.29, 1.82) is 0 Å². The molecule has 0 saturated carbocycles. The van der Waals surface area contributed by atoms with Gasteiger partial charge in [0.05, 0.1) is 5.69 Å². The lowest BCUT2D eigenvalue weighted by molar-refractivity contribution is -0.143. The largest absolute Gasteiger partial charge is 0.433 e. The Balaban J connectivity index is 2.09. The van der Waals surface area contributed by atoms with Crippen molar-refractivity contribution in [2.45, 2.75) is 19.5 Å². The highest BCUT2D eigenvalue weighted by Crippen LogP contribution is 2.38. The van der Waals surface area contributed by atoms with Crippen molar-refractivity contribution >= 4 is 39.1 Å². The van der Waals surface area contributed by atoms with E-state index in [0.29, 0.717) is 22.1 Å². The smallest absolute Gasteiger partial charge is 0.365 e. The van der Waals surface area contributed by atoms with Gasteiger partial charge in [-0.1, -0.05) is 0 Å². The lowest BCUT2D eigenvalue weighted by Gasteiger charge is -2.07. The second-order valence-electron chi connectivity index (χ2n) is 6.01. The number of amides is 2. The second-order valence-corrected chi connectivity index (χ2v) is 7.00. The molecule has 7 nitrogen and oxygen atoms in total. The number of nitrogens with zero attached hydrogens (tertiary/aromatic N) is 3. The third-order valence-electron chi connectivity index (χ3n) is 3.97. The molecule has 0 aliphatic heterocycles. The van der Waals surface area contributed by atoms with Crippen molar-refractivity contribution in [3.8, 4) is 0 Å². The number of fused-ring (bicyclic) bond motifs is 1. The number of aryl methyl sites for hydroxylation is 2. The molecule has 3 aromatic heterocycles. The Kier molecular flexibility index (Phi) is 5.03. The van der Waals surface area contributed by atoms with E-state index >= 15 is 0 Å². The first-order chi connectivity index (χ1) is 13.4. The van der Waals surface area contributed by atoms with Gasteiger partial charge in [0.1, 0.15) is 21.1 Å². The van der Waals surface area contributed by atoms with Crippen LogP contribution in [0.25, 0.3) is 10.2 Å². The monoisotopic (exact) mass is 433 g/mol. The number of nitrogens with two attached hydrogens (primary N) is 1. The summed E-state index contributed by atoms with van der Waals surface area (Å²) in [6, 6.07) is 1.64. The van der Waals surface area contributed by atoms with Gasteiger partial charge in [-0.25, -0.2) is 13.8 Å². The molecule has 3 N–H and O–H groups in total. The van der Waals surface area contributed by atoms with E-state index in [1.807, 2.05) is 0 Å². The number of alkyl halides is 5. The molecule has 2 amide bonds. The van der Waals surface area contributed by atoms with Gasteiger partial charge in [-0.3, -0.25) is 14.3 Å². The number of primary amides is 1. The van der Waals surface area contributed by atoms with E-state index in [2.05, 4.69) is 15.4 Å². The molecule has 13 heteroatoms. The van der Waals surface area contributed by atoms with E-state index in [4.69, 9.17) is 5.73 Å². The zero-order chi connectivity index (χ0) is 21.7. The van der Waals surface area contributed by atoms with Gasteiger partial charge in [0, 0.05) is 18.5 Å². The average molecular weight is 433 g/mol. The fraction of sp³-hybridized carbons (Fsp3) is 0.250. The van der Waals surface area contributed by atoms with Crippen LogP contribution in [0.2, 0.25) is 0 Å². The Hall–Kier alpha value is -3.09. The van der Waals surface area contributed by atoms with E-state index in [9.17, 15) is 31.5 Å². The molecule has 0 saturated heterocycles. The fourth-order valence-electron chi connectivity index (χ4n) is 2.73. The summed E-state index contributed by atoms with van der Waals surface area (Å²) < 4.78 is 65.2. The van der Waals surface area contributed by atoms with Crippen molar-refractivity contribution in [2.75, 3.05) is 5.32 Å². The Labute approximate surface area is 163 Å². The number of thiophene rings is 1. The number of hydrogen-bond donors (Lipinski definition) is 2. The zero-order valence-electron chi connectivity index (χ0n) is 14.8. The highest BCUT2D eigenvalue weighted by Gasteiger charge is 2.36. The number of carbonyl (C=O) groups excluding carboxylic acids is 2. The van der Waals surface area contributed by atoms with Crippen LogP contribution in [0.5, 0.6) is 0 Å². The van der Waals surface area contributed by atoms with Gasteiger partial charge >= 0.3 is 6.18 Å². The van der Waals surface area contributed by atoms with Crippen LogP contribution < -0.4 is 11.1 Å². The fourth-order valence-corrected chi connectivity index (χ4v) is 3.80. The predicted octanol–water partition coefficient (Wildman–Crippen LogP) is 3.65. The van der Waals surface area contributed by atoms with E-state index in [0.717, 1.165) is 13.1 Å². The Morgan fingerprint density at radius 1 is 1.28 bits per heavy atom. The number of nitrogens with one attached hydrogen (secondary N) is 1. The van der Waals surface area contributed by atoms with Crippen LogP contribution >= 0.6 is 11.3 Å². The van der Waals surface area contributed by atoms with Crippen LogP contribution in [0.1, 0.15) is 43.5 Å². The molecule has 0 aliphatic rings. The predicted molar refractivity (Wildman–Crippen MR) is 94.0 cm³/mol. The van der Waals surface area contributed by atoms with Crippen molar-refractivity contribution in [1.82, 2.24) is 14.8 Å². The van der Waals surface area contributed by atoms with Crippen LogP contribution in [0.15, 0.2) is 12.1 Å². The molecule has 0 aliphatic carbocycles. The van der Waals surface area contributed by atoms with Gasteiger partial charge in [-0.15, -0.1) is 11.3 Å². The molecule has 0 bridgehead atoms. The van der Waals surface area contributed by atoms with Crippen LogP contribution in [-0.2, 0) is 13.2 Å². The average Bonchev–Trinajstić information content (AvgIpc) is 3.16. The first-order valence-corrected chi connectivity index (χ1v) is 8.66. The molecule has 0 unspecified atom stereocenters. The molecule has 3 rings (SSSR count). The number of rotatable bonds is 4. The van der Waals surface area contributed by atoms with E-state index in [-0.39, 0.29) is 26.3 Å². The summed E-state index contributed by atoms with van der Waals surface area (Å²) in [6.45, 7) is 1.46. The standard InChI is InChI=1S/C16H12F5N5O2S/c1-5-3-6(12(17)18)23-15-9(5)10(11(29-15)13(22)27)24-14(28)7-4-8(16(19,20)21)26(2)25-7/h3-4,12H,1-2H3,(H2,22,27)(H,24,28). The Bertz CT molecular complexity index is 1140. The van der Waals surface area contributed by atoms with Gasteiger partial charge in [0.25, 0.3) is 18.2 Å². The highest BCUT2D eigenvalue weighted by atomic mass is 32.1. The maximum Gasteiger partial charge on any atom is 0.433 e. The van der Waals surface area contributed by atoms with E-state index in [1.54, 1.807) is 0 Å². The zero-order valence-corrected chi connectivity index (χ0v) is 15.6. The summed E-state index contributed by atoms with van der Waals surface area (Å²) in [5, 5.41) is 6.03. The SMILES string of the molecule is Cc1cc(C(F)F)nc2sc(C(N)=O)c(NC(=O)c3cc(C(F)(F)F)n(C)n3)c12. The van der Waals surface area contributed by atoms with Crippen molar-refractivity contribution in [3.05, 3.63) is 39.7 Å². The molecule has 0 aromatic carbocycles. The molecule has 29 heavy (non-hydrogen) atoms. The molecule has 0 spiro atoms. The number of halogens is 5. The molecule has 0 atom stereocenters. The minimum Gasteiger partial charge on any atom is -0.365 e. The summed E-state index contributed by atoms with van der Waals surface area (Å²) in [7, 11) is 1.02. The van der Waals surface area contributed by atoms with E-state index in [1.165, 1.54) is 6.92 Å². The van der Waals surface area contributed by atoms with Crippen molar-refractivity contribution < 1.29 is 31.5 Å². The maximum atomic E-state index is 13.0. The molecular weight excluding hydrogens is 421 g/mol. The van der Waals surface area contributed by atoms with Gasteiger partial charge in [-0.05, 0) is 18.6 Å².